The summed E-state index contributed by atoms with van der Waals surface area (Å²) in [5, 5.41) is 27.0. The van der Waals surface area contributed by atoms with E-state index in [1.165, 1.54) is 19.3 Å². The molecule has 0 atom stereocenters. The number of benzene rings is 1. The van der Waals surface area contributed by atoms with Gasteiger partial charge in [0, 0.05) is 24.7 Å². The number of anilines is 2. The third-order valence-corrected chi connectivity index (χ3v) is 6.18. The van der Waals surface area contributed by atoms with Gasteiger partial charge in [0.05, 0.1) is 11.9 Å². The van der Waals surface area contributed by atoms with E-state index < -0.39 is 5.60 Å². The van der Waals surface area contributed by atoms with Gasteiger partial charge in [-0.15, -0.1) is 0 Å². The minimum atomic E-state index is -0.759. The predicted octanol–water partition coefficient (Wildman–Crippen LogP) is 4.53. The molecule has 8 nitrogen and oxygen atoms in total. The monoisotopic (exact) mass is 438 g/mol. The molecule has 0 unspecified atom stereocenters. The number of aromatic nitrogens is 4. The third kappa shape index (κ3) is 5.12. The van der Waals surface area contributed by atoms with E-state index in [0.29, 0.717) is 43.1 Å². The van der Waals surface area contributed by atoms with Crippen LogP contribution in [0.1, 0.15) is 69.5 Å². The van der Waals surface area contributed by atoms with E-state index in [-0.39, 0.29) is 0 Å². The maximum Gasteiger partial charge on any atom is 0.226 e. The number of aliphatic hydroxyl groups is 1. The quantitative estimate of drug-likeness (QED) is 0.409. The molecule has 1 saturated carbocycles. The van der Waals surface area contributed by atoms with Gasteiger partial charge < -0.3 is 25.4 Å². The first-order valence-electron chi connectivity index (χ1n) is 11.5. The first-order chi connectivity index (χ1) is 15.3. The minimum absolute atomic E-state index is 0.293. The Morgan fingerprint density at radius 3 is 2.66 bits per heavy atom. The summed E-state index contributed by atoms with van der Waals surface area (Å²) in [4.78, 5) is 14.1. The summed E-state index contributed by atoms with van der Waals surface area (Å²) < 4.78 is 2.19. The Labute approximate surface area is 189 Å². The van der Waals surface area contributed by atoms with Crippen LogP contribution in [0.2, 0.25) is 0 Å². The van der Waals surface area contributed by atoms with Crippen molar-refractivity contribution in [3.05, 3.63) is 35.7 Å². The second kappa shape index (κ2) is 9.32. The highest BCUT2D eigenvalue weighted by Crippen LogP contribution is 2.32. The molecule has 0 bridgehead atoms. The molecule has 2 heterocycles. The van der Waals surface area contributed by atoms with Gasteiger partial charge in [0.2, 0.25) is 5.95 Å². The van der Waals surface area contributed by atoms with Crippen LogP contribution >= 0.6 is 0 Å². The second-order valence-electron chi connectivity index (χ2n) is 9.44. The van der Waals surface area contributed by atoms with Gasteiger partial charge in [-0.2, -0.15) is 9.97 Å². The Hall–Kier alpha value is -2.87. The molecule has 0 aliphatic heterocycles. The van der Waals surface area contributed by atoms with Gasteiger partial charge in [0.1, 0.15) is 5.75 Å². The summed E-state index contributed by atoms with van der Waals surface area (Å²) in [6, 6.07) is 6.12. The van der Waals surface area contributed by atoms with E-state index in [1.54, 1.807) is 13.8 Å². The average molecular weight is 439 g/mol. The van der Waals surface area contributed by atoms with Gasteiger partial charge in [0.25, 0.3) is 0 Å². The molecule has 172 valence electrons. The number of hydrogen-bond acceptors (Lipinski definition) is 7. The van der Waals surface area contributed by atoms with E-state index in [0.717, 1.165) is 35.1 Å². The van der Waals surface area contributed by atoms with Gasteiger partial charge in [-0.1, -0.05) is 37.5 Å². The standard InChI is InChI=1S/C24H34N6O2/c1-16-8-7-9-17(20(16)31)14-26-21-19-22(29-23(28-21)25-13-12-24(2,3)32)30(15-27-19)18-10-5-4-6-11-18/h7-9,15,18,31-32H,4-6,10-14H2,1-3H3,(H2,25,26,28,29). The van der Waals surface area contributed by atoms with Crippen molar-refractivity contribution in [2.24, 2.45) is 0 Å². The first-order valence-corrected chi connectivity index (χ1v) is 11.5. The zero-order valence-corrected chi connectivity index (χ0v) is 19.2. The number of fused-ring (bicyclic) bond motifs is 1. The first kappa shape index (κ1) is 22.3. The van der Waals surface area contributed by atoms with Crippen molar-refractivity contribution in [3.8, 4) is 5.75 Å². The smallest absolute Gasteiger partial charge is 0.226 e. The lowest BCUT2D eigenvalue weighted by atomic mass is 9.95. The Morgan fingerprint density at radius 2 is 1.91 bits per heavy atom. The van der Waals surface area contributed by atoms with Crippen molar-refractivity contribution >= 4 is 22.9 Å². The van der Waals surface area contributed by atoms with Crippen LogP contribution < -0.4 is 10.6 Å². The maximum absolute atomic E-state index is 10.4. The molecule has 0 saturated heterocycles. The third-order valence-electron chi connectivity index (χ3n) is 6.18. The highest BCUT2D eigenvalue weighted by atomic mass is 16.3. The second-order valence-corrected chi connectivity index (χ2v) is 9.44. The van der Waals surface area contributed by atoms with Crippen molar-refractivity contribution in [3.63, 3.8) is 0 Å². The molecule has 1 aliphatic rings. The molecule has 0 amide bonds. The van der Waals surface area contributed by atoms with Crippen molar-refractivity contribution in [1.82, 2.24) is 19.5 Å². The molecule has 4 N–H and O–H groups in total. The fourth-order valence-electron chi connectivity index (χ4n) is 4.27. The summed E-state index contributed by atoms with van der Waals surface area (Å²) >= 11 is 0. The molecule has 3 aromatic rings. The fourth-order valence-corrected chi connectivity index (χ4v) is 4.27. The number of phenolic OH excluding ortho intramolecular Hbond substituents is 1. The average Bonchev–Trinajstić information content (AvgIpc) is 3.18. The maximum atomic E-state index is 10.4. The lowest BCUT2D eigenvalue weighted by molar-refractivity contribution is 0.0748. The number of aryl methyl sites for hydroxylation is 1. The van der Waals surface area contributed by atoms with E-state index in [2.05, 4.69) is 25.2 Å². The zero-order chi connectivity index (χ0) is 22.7. The number of imidazole rings is 1. The van der Waals surface area contributed by atoms with Gasteiger partial charge in [-0.05, 0) is 45.6 Å². The number of aromatic hydroxyl groups is 1. The number of nitrogens with one attached hydrogen (secondary N) is 2. The van der Waals surface area contributed by atoms with Crippen molar-refractivity contribution in [1.29, 1.82) is 0 Å². The van der Waals surface area contributed by atoms with Crippen molar-refractivity contribution in [2.45, 2.75) is 77.5 Å². The van der Waals surface area contributed by atoms with Crippen LogP contribution in [0.25, 0.3) is 11.2 Å². The Balaban J connectivity index is 1.64. The molecule has 1 fully saturated rings. The molecule has 32 heavy (non-hydrogen) atoms. The zero-order valence-electron chi connectivity index (χ0n) is 19.2. The molecule has 2 aromatic heterocycles. The normalized spacial score (nSPS) is 15.2. The molecule has 4 rings (SSSR count). The number of rotatable bonds is 8. The Bertz CT molecular complexity index is 1070. The summed E-state index contributed by atoms with van der Waals surface area (Å²) in [7, 11) is 0. The number of nitrogens with zero attached hydrogens (tertiary/aromatic N) is 4. The highest BCUT2D eigenvalue weighted by Gasteiger charge is 2.21. The molecular weight excluding hydrogens is 404 g/mol. The topological polar surface area (TPSA) is 108 Å². The highest BCUT2D eigenvalue weighted by molar-refractivity contribution is 5.84. The molecule has 0 spiro atoms. The molecular formula is C24H34N6O2. The van der Waals surface area contributed by atoms with Crippen molar-refractivity contribution in [2.75, 3.05) is 17.2 Å². The molecule has 1 aliphatic carbocycles. The number of hydrogen-bond donors (Lipinski definition) is 4. The van der Waals surface area contributed by atoms with E-state index >= 15 is 0 Å². The van der Waals surface area contributed by atoms with E-state index in [4.69, 9.17) is 4.98 Å². The van der Waals surface area contributed by atoms with Crippen LogP contribution in [-0.4, -0.2) is 41.9 Å². The van der Waals surface area contributed by atoms with Crippen LogP contribution in [0.5, 0.6) is 5.75 Å². The summed E-state index contributed by atoms with van der Waals surface area (Å²) in [5.41, 5.74) is 2.43. The number of para-hydroxylation sites is 1. The predicted molar refractivity (Wildman–Crippen MR) is 127 cm³/mol. The van der Waals surface area contributed by atoms with Gasteiger partial charge in [-0.25, -0.2) is 4.98 Å². The van der Waals surface area contributed by atoms with Crippen LogP contribution in [-0.2, 0) is 6.54 Å². The van der Waals surface area contributed by atoms with E-state index in [9.17, 15) is 10.2 Å². The van der Waals surface area contributed by atoms with E-state index in [1.807, 2.05) is 31.5 Å². The lowest BCUT2D eigenvalue weighted by Crippen LogP contribution is -2.23. The largest absolute Gasteiger partial charge is 0.507 e. The van der Waals surface area contributed by atoms with Crippen LogP contribution in [0.4, 0.5) is 11.8 Å². The molecule has 1 aromatic carbocycles. The van der Waals surface area contributed by atoms with Crippen LogP contribution in [0.15, 0.2) is 24.5 Å². The van der Waals surface area contributed by atoms with Crippen molar-refractivity contribution < 1.29 is 10.2 Å². The van der Waals surface area contributed by atoms with Gasteiger partial charge in [-0.3, -0.25) is 0 Å². The SMILES string of the molecule is Cc1cccc(CNc2nc(NCCC(C)(C)O)nc3c2ncn3C2CCCCC2)c1O. The Morgan fingerprint density at radius 1 is 1.12 bits per heavy atom. The Kier molecular flexibility index (Phi) is 6.50. The summed E-state index contributed by atoms with van der Waals surface area (Å²) in [6.45, 7) is 6.46. The number of phenols is 1. The van der Waals surface area contributed by atoms with Crippen LogP contribution in [0, 0.1) is 6.92 Å². The van der Waals surface area contributed by atoms with Gasteiger partial charge in [0.15, 0.2) is 17.0 Å². The molecule has 0 radical (unpaired) electrons. The summed E-state index contributed by atoms with van der Waals surface area (Å²) in [5.74, 6) is 1.44. The minimum Gasteiger partial charge on any atom is -0.507 e. The molecule has 8 heteroatoms. The van der Waals surface area contributed by atoms with Crippen LogP contribution in [0.3, 0.4) is 0 Å². The lowest BCUT2D eigenvalue weighted by Gasteiger charge is -2.23. The summed E-state index contributed by atoms with van der Waals surface area (Å²) in [6.07, 6.45) is 8.47. The fraction of sp³-hybridized carbons (Fsp3) is 0.542. The van der Waals surface area contributed by atoms with Gasteiger partial charge >= 0.3 is 0 Å².